The van der Waals surface area contributed by atoms with Gasteiger partial charge < -0.3 is 31.4 Å². The Balaban J connectivity index is 1.62. The summed E-state index contributed by atoms with van der Waals surface area (Å²) in [4.78, 5) is 42.4. The lowest BCUT2D eigenvalue weighted by Crippen LogP contribution is -2.40. The number of hydrogen-bond donors (Lipinski definition) is 5. The van der Waals surface area contributed by atoms with Crippen molar-refractivity contribution in [3.8, 4) is 11.3 Å². The van der Waals surface area contributed by atoms with Crippen LogP contribution >= 0.6 is 11.3 Å². The molecule has 3 amide bonds. The van der Waals surface area contributed by atoms with E-state index in [4.69, 9.17) is 10.1 Å². The molecule has 0 bridgehead atoms. The van der Waals surface area contributed by atoms with E-state index in [1.165, 1.54) is 11.3 Å². The summed E-state index contributed by atoms with van der Waals surface area (Å²) in [6.07, 6.45) is 3.62. The van der Waals surface area contributed by atoms with Crippen LogP contribution in [0, 0.1) is 5.41 Å². The Kier molecular flexibility index (Phi) is 11.4. The summed E-state index contributed by atoms with van der Waals surface area (Å²) in [5, 5.41) is 21.6. The fourth-order valence-corrected chi connectivity index (χ4v) is 5.09. The van der Waals surface area contributed by atoms with Crippen LogP contribution < -0.4 is 21.3 Å². The quantitative estimate of drug-likeness (QED) is 0.166. The van der Waals surface area contributed by atoms with Gasteiger partial charge >= 0.3 is 6.09 Å². The van der Waals surface area contributed by atoms with Gasteiger partial charge in [-0.2, -0.15) is 0 Å². The molecule has 3 rings (SSSR count). The summed E-state index contributed by atoms with van der Waals surface area (Å²) < 4.78 is 5.37. The van der Waals surface area contributed by atoms with Crippen LogP contribution in [0.4, 0.5) is 9.93 Å². The lowest BCUT2D eigenvalue weighted by Gasteiger charge is -2.29. The van der Waals surface area contributed by atoms with E-state index in [0.29, 0.717) is 28.6 Å². The number of amides is 3. The Labute approximate surface area is 263 Å². The molecule has 0 aliphatic rings. The lowest BCUT2D eigenvalue weighted by atomic mass is 9.80. The first kappa shape index (κ1) is 34.0. The Hall–Kier alpha value is -4.51. The standard InChI is InChI=1S/C33H42N6O4S/c1-8-21-12-13-24(17-25(21)33(5,6)20-37-31(42)43-32(2,3)4)29(41)36-18-28(40)39-30-38-27(19-44-30)23-11-9-10-22(16-23)26(34)14-15-35-7/h9-17,19,34-35H,8,18,20H2,1-7H3,(H,36,41)(H,37,42)(H,38,39,40)/b15-14-,34-26?. The second-order valence-electron chi connectivity index (χ2n) is 11.9. The average molecular weight is 619 g/mol. The maximum Gasteiger partial charge on any atom is 0.407 e. The predicted molar refractivity (Wildman–Crippen MR) is 177 cm³/mol. The topological polar surface area (TPSA) is 145 Å². The van der Waals surface area contributed by atoms with E-state index in [0.717, 1.165) is 28.7 Å². The molecule has 0 aliphatic carbocycles. The van der Waals surface area contributed by atoms with Crippen LogP contribution in [0.3, 0.4) is 0 Å². The second kappa shape index (κ2) is 14.8. The van der Waals surface area contributed by atoms with Crippen LogP contribution in [0.5, 0.6) is 0 Å². The fraction of sp³-hybridized carbons (Fsp3) is 0.364. The Morgan fingerprint density at radius 1 is 1.02 bits per heavy atom. The summed E-state index contributed by atoms with van der Waals surface area (Å²) in [6, 6.07) is 12.9. The van der Waals surface area contributed by atoms with Gasteiger partial charge in [0, 0.05) is 41.1 Å². The van der Waals surface area contributed by atoms with Crippen molar-refractivity contribution >= 4 is 40.1 Å². The van der Waals surface area contributed by atoms with E-state index in [-0.39, 0.29) is 12.5 Å². The van der Waals surface area contributed by atoms with Gasteiger partial charge in [-0.3, -0.25) is 9.59 Å². The van der Waals surface area contributed by atoms with Gasteiger partial charge in [-0.05, 0) is 68.8 Å². The molecule has 0 spiro atoms. The van der Waals surface area contributed by atoms with Crippen LogP contribution in [0.1, 0.15) is 68.6 Å². The number of ether oxygens (including phenoxy) is 1. The maximum atomic E-state index is 13.0. The average Bonchev–Trinajstić information content (AvgIpc) is 3.45. The zero-order valence-electron chi connectivity index (χ0n) is 26.4. The van der Waals surface area contributed by atoms with Crippen LogP contribution in [-0.2, 0) is 21.4 Å². The predicted octanol–water partition coefficient (Wildman–Crippen LogP) is 5.64. The largest absolute Gasteiger partial charge is 0.444 e. The molecule has 3 aromatic rings. The Morgan fingerprint density at radius 3 is 2.45 bits per heavy atom. The molecule has 0 fully saturated rings. The van der Waals surface area contributed by atoms with E-state index in [2.05, 4.69) is 26.3 Å². The van der Waals surface area contributed by atoms with Crippen molar-refractivity contribution in [3.63, 3.8) is 0 Å². The van der Waals surface area contributed by atoms with Crippen LogP contribution in [-0.4, -0.2) is 54.3 Å². The molecule has 1 aromatic heterocycles. The number of carbonyl (C=O) groups excluding carboxylic acids is 3. The number of aryl methyl sites for hydroxylation is 1. The van der Waals surface area contributed by atoms with E-state index in [1.54, 1.807) is 25.4 Å². The van der Waals surface area contributed by atoms with E-state index in [9.17, 15) is 14.4 Å². The van der Waals surface area contributed by atoms with Gasteiger partial charge in [-0.25, -0.2) is 9.78 Å². The molecule has 0 saturated heterocycles. The van der Waals surface area contributed by atoms with Crippen molar-refractivity contribution in [2.45, 2.75) is 59.0 Å². The van der Waals surface area contributed by atoms with Gasteiger partial charge in [0.1, 0.15) is 5.60 Å². The molecule has 0 unspecified atom stereocenters. The first-order valence-electron chi connectivity index (χ1n) is 14.4. The third kappa shape index (κ3) is 9.77. The number of alkyl carbamates (subject to hydrolysis) is 1. The van der Waals surface area contributed by atoms with Crippen LogP contribution in [0.2, 0.25) is 0 Å². The molecule has 10 nitrogen and oxygen atoms in total. The minimum atomic E-state index is -0.601. The van der Waals surface area contributed by atoms with Crippen molar-refractivity contribution in [1.29, 1.82) is 5.41 Å². The molecule has 234 valence electrons. The number of rotatable bonds is 12. The third-order valence-corrected chi connectivity index (χ3v) is 7.36. The first-order chi connectivity index (χ1) is 20.7. The number of allylic oxidation sites excluding steroid dienone is 1. The third-order valence-electron chi connectivity index (χ3n) is 6.60. The molecule has 0 radical (unpaired) electrons. The monoisotopic (exact) mass is 618 g/mol. The number of anilines is 1. The van der Waals surface area contributed by atoms with E-state index < -0.39 is 23.0 Å². The normalized spacial score (nSPS) is 11.6. The summed E-state index contributed by atoms with van der Waals surface area (Å²) in [6.45, 7) is 11.5. The van der Waals surface area contributed by atoms with Crippen LogP contribution in [0.15, 0.2) is 60.1 Å². The molecule has 1 heterocycles. The number of benzene rings is 2. The Morgan fingerprint density at radius 2 is 1.77 bits per heavy atom. The number of nitrogens with one attached hydrogen (secondary N) is 5. The first-order valence-corrected chi connectivity index (χ1v) is 15.3. The minimum Gasteiger partial charge on any atom is -0.444 e. The lowest BCUT2D eigenvalue weighted by molar-refractivity contribution is -0.115. The minimum absolute atomic E-state index is 0.230. The number of aromatic nitrogens is 1. The van der Waals surface area contributed by atoms with Gasteiger partial charge in [0.25, 0.3) is 5.91 Å². The molecule has 5 N–H and O–H groups in total. The highest BCUT2D eigenvalue weighted by molar-refractivity contribution is 7.14. The summed E-state index contributed by atoms with van der Waals surface area (Å²) >= 11 is 1.28. The second-order valence-corrected chi connectivity index (χ2v) is 12.7. The zero-order chi connectivity index (χ0) is 32.5. The van der Waals surface area contributed by atoms with Crippen molar-refractivity contribution in [1.82, 2.24) is 20.9 Å². The zero-order valence-corrected chi connectivity index (χ0v) is 27.2. The Bertz CT molecular complexity index is 1540. The van der Waals surface area contributed by atoms with Crippen molar-refractivity contribution in [2.75, 3.05) is 25.5 Å². The van der Waals surface area contributed by atoms with Crippen LogP contribution in [0.25, 0.3) is 11.3 Å². The molecule has 44 heavy (non-hydrogen) atoms. The van der Waals surface area contributed by atoms with Gasteiger partial charge in [0.2, 0.25) is 5.91 Å². The van der Waals surface area contributed by atoms with Gasteiger partial charge in [0.05, 0.1) is 18.0 Å². The van der Waals surface area contributed by atoms with E-state index in [1.807, 2.05) is 83.3 Å². The number of carbonyl (C=O) groups is 3. The summed E-state index contributed by atoms with van der Waals surface area (Å²) in [5.74, 6) is -0.786. The molecule has 0 aliphatic heterocycles. The van der Waals surface area contributed by atoms with Crippen molar-refractivity contribution in [3.05, 3.63) is 82.4 Å². The molecule has 0 saturated carbocycles. The van der Waals surface area contributed by atoms with E-state index >= 15 is 0 Å². The smallest absolute Gasteiger partial charge is 0.407 e. The molecular formula is C33H42N6O4S. The van der Waals surface area contributed by atoms with Gasteiger partial charge in [-0.15, -0.1) is 11.3 Å². The molecule has 0 atom stereocenters. The number of thiazole rings is 1. The van der Waals surface area contributed by atoms with Gasteiger partial charge in [0.15, 0.2) is 5.13 Å². The fourth-order valence-electron chi connectivity index (χ4n) is 4.36. The SMILES string of the molecule is CCc1ccc(C(=O)NCC(=O)Nc2nc(-c3cccc(C(=N)/C=C\NC)c3)cs2)cc1C(C)(C)CNC(=O)OC(C)(C)C. The van der Waals surface area contributed by atoms with Gasteiger partial charge in [-0.1, -0.05) is 45.0 Å². The molecule has 11 heteroatoms. The maximum absolute atomic E-state index is 13.0. The van der Waals surface area contributed by atoms with Crippen molar-refractivity contribution < 1.29 is 19.1 Å². The van der Waals surface area contributed by atoms with Crippen molar-refractivity contribution in [2.24, 2.45) is 0 Å². The highest BCUT2D eigenvalue weighted by Crippen LogP contribution is 2.28. The summed E-state index contributed by atoms with van der Waals surface area (Å²) in [7, 11) is 1.77. The highest BCUT2D eigenvalue weighted by Gasteiger charge is 2.27. The number of nitrogens with zero attached hydrogens (tertiary/aromatic N) is 1. The molecule has 2 aromatic carbocycles. The molecular weight excluding hydrogens is 576 g/mol. The number of hydrogen-bond acceptors (Lipinski definition) is 8. The summed E-state index contributed by atoms with van der Waals surface area (Å²) in [5.41, 5.74) is 3.93. The highest BCUT2D eigenvalue weighted by atomic mass is 32.1.